The molecule has 0 aliphatic carbocycles. The Balaban J connectivity index is 1.71. The van der Waals surface area contributed by atoms with Gasteiger partial charge in [-0.2, -0.15) is 13.2 Å². The number of pyridine rings is 1. The average molecular weight is 366 g/mol. The molecule has 1 aliphatic rings. The Morgan fingerprint density at radius 2 is 2.00 bits per heavy atom. The van der Waals surface area contributed by atoms with E-state index in [-0.39, 0.29) is 5.91 Å². The van der Waals surface area contributed by atoms with Gasteiger partial charge in [0.15, 0.2) is 0 Å². The third-order valence-corrected chi connectivity index (χ3v) is 5.12. The topological polar surface area (TPSA) is 33.2 Å². The lowest BCUT2D eigenvalue weighted by molar-refractivity contribution is -0.137. The molecule has 25 heavy (non-hydrogen) atoms. The molecule has 1 amide bonds. The Labute approximate surface area is 148 Å². The van der Waals surface area contributed by atoms with E-state index in [1.54, 1.807) is 11.8 Å². The van der Waals surface area contributed by atoms with E-state index in [0.29, 0.717) is 11.6 Å². The zero-order valence-corrected chi connectivity index (χ0v) is 14.4. The minimum atomic E-state index is -4.41. The summed E-state index contributed by atoms with van der Waals surface area (Å²) in [5, 5.41) is -0.0328. The summed E-state index contributed by atoms with van der Waals surface area (Å²) in [6.07, 6.45) is -1.76. The summed E-state index contributed by atoms with van der Waals surface area (Å²) in [6, 6.07) is 10.1. The number of aryl methyl sites for hydroxylation is 1. The Hall–Kier alpha value is -2.02. The van der Waals surface area contributed by atoms with Gasteiger partial charge in [-0.1, -0.05) is 30.0 Å². The average Bonchev–Trinajstić information content (AvgIpc) is 2.60. The van der Waals surface area contributed by atoms with Crippen LogP contribution in [0.3, 0.4) is 0 Å². The van der Waals surface area contributed by atoms with Crippen molar-refractivity contribution >= 4 is 23.4 Å². The van der Waals surface area contributed by atoms with Crippen molar-refractivity contribution in [2.24, 2.45) is 0 Å². The van der Waals surface area contributed by atoms with Gasteiger partial charge in [0.1, 0.15) is 0 Å². The molecule has 1 aliphatic heterocycles. The lowest BCUT2D eigenvalue weighted by atomic mass is 10.0. The number of rotatable bonds is 3. The van der Waals surface area contributed by atoms with Gasteiger partial charge in [0.25, 0.3) is 0 Å². The summed E-state index contributed by atoms with van der Waals surface area (Å²) in [4.78, 5) is 18.4. The number of benzene rings is 1. The largest absolute Gasteiger partial charge is 0.417 e. The molecule has 0 saturated carbocycles. The van der Waals surface area contributed by atoms with Crippen LogP contribution in [0.1, 0.15) is 24.5 Å². The van der Waals surface area contributed by atoms with Crippen molar-refractivity contribution in [1.29, 1.82) is 0 Å². The fourth-order valence-electron chi connectivity index (χ4n) is 2.83. The first-order valence-corrected chi connectivity index (χ1v) is 8.83. The highest BCUT2D eigenvalue weighted by atomic mass is 32.2. The molecule has 7 heteroatoms. The number of hydrogen-bond acceptors (Lipinski definition) is 3. The lowest BCUT2D eigenvalue weighted by Gasteiger charge is -2.31. The molecular weight excluding hydrogens is 349 g/mol. The molecule has 0 bridgehead atoms. The highest BCUT2D eigenvalue weighted by molar-refractivity contribution is 8.00. The van der Waals surface area contributed by atoms with Crippen molar-refractivity contribution in [2.75, 3.05) is 11.4 Å². The number of carbonyl (C=O) groups excluding carboxylic acids is 1. The molecule has 0 radical (unpaired) electrons. The van der Waals surface area contributed by atoms with Gasteiger partial charge in [-0.25, -0.2) is 4.98 Å². The predicted octanol–water partition coefficient (Wildman–Crippen LogP) is 4.56. The molecule has 0 saturated heterocycles. The molecule has 1 unspecified atom stereocenters. The molecule has 0 spiro atoms. The molecular formula is C18H17F3N2OS. The van der Waals surface area contributed by atoms with Crippen molar-refractivity contribution in [2.45, 2.75) is 36.2 Å². The maximum absolute atomic E-state index is 12.8. The smallest absolute Gasteiger partial charge is 0.311 e. The first-order valence-electron chi connectivity index (χ1n) is 7.95. The number of aromatic nitrogens is 1. The second-order valence-electron chi connectivity index (χ2n) is 5.87. The van der Waals surface area contributed by atoms with E-state index in [1.807, 2.05) is 24.3 Å². The first-order chi connectivity index (χ1) is 11.9. The molecule has 0 fully saturated rings. The second kappa shape index (κ2) is 7.07. The van der Waals surface area contributed by atoms with E-state index >= 15 is 0 Å². The van der Waals surface area contributed by atoms with Crippen LogP contribution < -0.4 is 4.90 Å². The SMILES string of the molecule is CC(Sc1ccc(C(F)(F)F)cn1)C(=O)N1CCCc2ccccc21. The van der Waals surface area contributed by atoms with Crippen molar-refractivity contribution in [1.82, 2.24) is 4.98 Å². The Morgan fingerprint density at radius 3 is 2.68 bits per heavy atom. The standard InChI is InChI=1S/C18H17F3N2OS/c1-12(25-16-9-8-14(11-22-16)18(19,20)21)17(24)23-10-4-6-13-5-2-3-7-15(13)23/h2-3,5,7-9,11-12H,4,6,10H2,1H3. The molecule has 1 aromatic carbocycles. The maximum Gasteiger partial charge on any atom is 0.417 e. The van der Waals surface area contributed by atoms with Crippen LogP contribution in [0, 0.1) is 0 Å². The Kier molecular flexibility index (Phi) is 5.03. The first kappa shape index (κ1) is 17.8. The van der Waals surface area contributed by atoms with Gasteiger partial charge in [-0.3, -0.25) is 4.79 Å². The number of anilines is 1. The third kappa shape index (κ3) is 3.98. The van der Waals surface area contributed by atoms with E-state index in [1.165, 1.54) is 17.8 Å². The van der Waals surface area contributed by atoms with E-state index in [0.717, 1.165) is 36.4 Å². The van der Waals surface area contributed by atoms with E-state index in [2.05, 4.69) is 4.98 Å². The maximum atomic E-state index is 12.8. The van der Waals surface area contributed by atoms with Gasteiger partial charge < -0.3 is 4.90 Å². The lowest BCUT2D eigenvalue weighted by Crippen LogP contribution is -2.40. The normalized spacial score (nSPS) is 15.6. The zero-order chi connectivity index (χ0) is 18.0. The van der Waals surface area contributed by atoms with Crippen molar-refractivity contribution < 1.29 is 18.0 Å². The molecule has 0 N–H and O–H groups in total. The number of para-hydroxylation sites is 1. The molecule has 1 atom stereocenters. The van der Waals surface area contributed by atoms with Crippen LogP contribution in [0.5, 0.6) is 0 Å². The Morgan fingerprint density at radius 1 is 1.24 bits per heavy atom. The highest BCUT2D eigenvalue weighted by Gasteiger charge is 2.31. The van der Waals surface area contributed by atoms with E-state index in [9.17, 15) is 18.0 Å². The number of alkyl halides is 3. The summed E-state index contributed by atoms with van der Waals surface area (Å²) in [7, 11) is 0. The van der Waals surface area contributed by atoms with Crippen LogP contribution in [0.4, 0.5) is 18.9 Å². The number of hydrogen-bond donors (Lipinski definition) is 0. The summed E-state index contributed by atoms with van der Waals surface area (Å²) < 4.78 is 37.8. The summed E-state index contributed by atoms with van der Waals surface area (Å²) in [6.45, 7) is 2.41. The van der Waals surface area contributed by atoms with Crippen LogP contribution in [-0.2, 0) is 17.4 Å². The van der Waals surface area contributed by atoms with Crippen LogP contribution >= 0.6 is 11.8 Å². The summed E-state index contributed by atoms with van der Waals surface area (Å²) in [5.41, 5.74) is 1.28. The van der Waals surface area contributed by atoms with Crippen LogP contribution in [-0.4, -0.2) is 22.7 Å². The quantitative estimate of drug-likeness (QED) is 0.747. The fraction of sp³-hybridized carbons (Fsp3) is 0.333. The monoisotopic (exact) mass is 366 g/mol. The zero-order valence-electron chi connectivity index (χ0n) is 13.6. The highest BCUT2D eigenvalue weighted by Crippen LogP contribution is 2.32. The number of halogens is 3. The number of amides is 1. The number of fused-ring (bicyclic) bond motifs is 1. The van der Waals surface area contributed by atoms with Crippen molar-refractivity contribution in [3.8, 4) is 0 Å². The minimum Gasteiger partial charge on any atom is -0.311 e. The minimum absolute atomic E-state index is 0.0566. The number of thioether (sulfide) groups is 1. The number of carbonyl (C=O) groups is 1. The molecule has 3 nitrogen and oxygen atoms in total. The number of nitrogens with zero attached hydrogens (tertiary/aromatic N) is 2. The van der Waals surface area contributed by atoms with Gasteiger partial charge >= 0.3 is 6.18 Å². The predicted molar refractivity (Wildman–Crippen MR) is 91.7 cm³/mol. The van der Waals surface area contributed by atoms with Crippen molar-refractivity contribution in [3.63, 3.8) is 0 Å². The second-order valence-corrected chi connectivity index (χ2v) is 7.23. The third-order valence-electron chi connectivity index (χ3n) is 4.09. The van der Waals surface area contributed by atoms with Gasteiger partial charge in [0.2, 0.25) is 5.91 Å². The van der Waals surface area contributed by atoms with Crippen LogP contribution in [0.25, 0.3) is 0 Å². The van der Waals surface area contributed by atoms with Gasteiger partial charge in [0, 0.05) is 18.4 Å². The molecule has 2 aromatic rings. The molecule has 132 valence electrons. The van der Waals surface area contributed by atoms with Gasteiger partial charge in [0.05, 0.1) is 15.8 Å². The van der Waals surface area contributed by atoms with Crippen LogP contribution in [0.2, 0.25) is 0 Å². The van der Waals surface area contributed by atoms with Gasteiger partial charge in [-0.05, 0) is 43.5 Å². The molecule has 3 rings (SSSR count). The fourth-order valence-corrected chi connectivity index (χ4v) is 3.68. The molecule has 1 aromatic heterocycles. The Bertz CT molecular complexity index is 762. The van der Waals surface area contributed by atoms with E-state index < -0.39 is 17.0 Å². The van der Waals surface area contributed by atoms with Crippen LogP contribution in [0.15, 0.2) is 47.6 Å². The van der Waals surface area contributed by atoms with Gasteiger partial charge in [-0.15, -0.1) is 0 Å². The van der Waals surface area contributed by atoms with E-state index in [4.69, 9.17) is 0 Å². The molecule has 2 heterocycles. The summed E-state index contributed by atoms with van der Waals surface area (Å²) >= 11 is 1.17. The van der Waals surface area contributed by atoms with Crippen molar-refractivity contribution in [3.05, 3.63) is 53.7 Å². The summed E-state index contributed by atoms with van der Waals surface area (Å²) in [5.74, 6) is -0.0566.